The Hall–Kier alpha value is -9.97. The first-order chi connectivity index (χ1) is 54.2. The number of nitrogens with one attached hydrogen (secondary N) is 1. The molecule has 4 aromatic carbocycles. The number of imide groups is 3. The molecule has 4 aromatic rings. The molecule has 4 heterocycles. The second kappa shape index (κ2) is 56.3. The number of carbonyl (C=O) groups excluding carboxylic acids is 14. The van der Waals surface area contributed by atoms with Crippen LogP contribution >= 0.6 is 15.9 Å². The van der Waals surface area contributed by atoms with E-state index in [0.29, 0.717) is 117 Å². The van der Waals surface area contributed by atoms with Gasteiger partial charge in [0.15, 0.2) is 0 Å². The maximum atomic E-state index is 12.3. The van der Waals surface area contributed by atoms with Crippen LogP contribution < -0.4 is 47.4 Å². The monoisotopic (exact) mass is 1680 g/mol. The van der Waals surface area contributed by atoms with Gasteiger partial charge >= 0.3 is 36.8 Å². The fourth-order valence-electron chi connectivity index (χ4n) is 12.8. The number of ketones is 5. The Morgan fingerprint density at radius 1 is 0.552 bits per heavy atom. The zero-order valence-corrected chi connectivity index (χ0v) is 70.4. The van der Waals surface area contributed by atoms with Crippen LogP contribution in [0.15, 0.2) is 160 Å². The van der Waals surface area contributed by atoms with Gasteiger partial charge in [-0.25, -0.2) is 4.79 Å². The molecule has 0 aromatic heterocycles. The van der Waals surface area contributed by atoms with Crippen molar-refractivity contribution in [3.63, 3.8) is 0 Å². The average molecular weight is 1680 g/mol. The number of carboxylic acid groups (broad SMARTS) is 3. The number of Topliss-reactive ketones (excluding diaryl/α,β-unsaturated/α-hetero) is 5. The van der Waals surface area contributed by atoms with E-state index < -0.39 is 47.0 Å². The molecular formula is C88H111BrClLiN5O20-. The summed E-state index contributed by atoms with van der Waals surface area (Å²) in [5.41, 5.74) is 6.95. The number of allylic oxidation sites excluding steroid dienone is 5. The maximum Gasteiger partial charge on any atom is 1.00 e. The molecule has 8 rings (SSSR count). The number of benzene rings is 4. The second-order valence-electron chi connectivity index (χ2n) is 27.6. The zero-order chi connectivity index (χ0) is 85.8. The number of carboxylic acids is 3. The van der Waals surface area contributed by atoms with Crippen molar-refractivity contribution in [2.24, 2.45) is 40.7 Å². The van der Waals surface area contributed by atoms with Crippen LogP contribution in [0.3, 0.4) is 0 Å². The van der Waals surface area contributed by atoms with Gasteiger partial charge in [-0.3, -0.25) is 81.8 Å². The van der Waals surface area contributed by atoms with E-state index in [0.717, 1.165) is 43.9 Å². The Bertz CT molecular complexity index is 3970. The Morgan fingerprint density at radius 2 is 0.940 bits per heavy atom. The molecule has 0 saturated carbocycles. The molecule has 5 unspecified atom stereocenters. The zero-order valence-electron chi connectivity index (χ0n) is 68.0. The number of fused-ring (bicyclic) bond motifs is 3. The molecule has 0 spiro atoms. The number of rotatable bonds is 40. The van der Waals surface area contributed by atoms with Crippen molar-refractivity contribution in [1.82, 2.24) is 20.0 Å². The molecule has 0 bridgehead atoms. The Labute approximate surface area is 707 Å². The fraction of sp³-hybridized carbons (Fsp3) is 0.432. The summed E-state index contributed by atoms with van der Waals surface area (Å²) in [6, 6.07) is 26.4. The van der Waals surface area contributed by atoms with Crippen LogP contribution in [0.4, 0.5) is 0 Å². The van der Waals surface area contributed by atoms with Crippen molar-refractivity contribution in [1.29, 1.82) is 0 Å². The van der Waals surface area contributed by atoms with Crippen molar-refractivity contribution in [3.05, 3.63) is 205 Å². The number of carbonyl (C=O) groups is 16. The summed E-state index contributed by atoms with van der Waals surface area (Å²) < 4.78 is 5.03. The first-order valence-corrected chi connectivity index (χ1v) is 39.2. The van der Waals surface area contributed by atoms with E-state index in [1.807, 2.05) is 6.92 Å². The third kappa shape index (κ3) is 33.3. The third-order valence-corrected chi connectivity index (χ3v) is 19.8. The number of ether oxygens (including phenoxy) is 1. The van der Waals surface area contributed by atoms with Crippen LogP contribution in [0.2, 0.25) is 0 Å². The fourth-order valence-corrected chi connectivity index (χ4v) is 13.0. The number of nitrogens with two attached hydrogens (primary N) is 1. The second-order valence-corrected chi connectivity index (χ2v) is 28.4. The van der Waals surface area contributed by atoms with Gasteiger partial charge in [0, 0.05) is 49.3 Å². The summed E-state index contributed by atoms with van der Waals surface area (Å²) in [5.74, 6) is -6.68. The van der Waals surface area contributed by atoms with Gasteiger partial charge in [0.05, 0.1) is 73.8 Å². The SMILES string of the molecule is C=CCC(C(C)=O)C(C)=O.C=CCC(CCCN)C(=O)[O-].C=CCC(CCCN1C(=O)c2ccccc2C1=O)(C(C)=O)C(C)=O.C=CCC(CCCN1C(=O)c2ccccc2C1=O)C(C)=O.C=CCC(CCCNC(=O)c1ccccc1C(=O)O)C(=O)O.CCCCC1CC(C)OC1=O.O=C1c2ccccc2C(=O)N1CCCBr.[Cl-].[Li+]. The summed E-state index contributed by atoms with van der Waals surface area (Å²) in [7, 11) is 0. The van der Waals surface area contributed by atoms with Crippen molar-refractivity contribution < 1.29 is 128 Å². The Morgan fingerprint density at radius 3 is 1.28 bits per heavy atom. The van der Waals surface area contributed by atoms with Crippen LogP contribution in [0.5, 0.6) is 0 Å². The normalized spacial score (nSPS) is 14.5. The van der Waals surface area contributed by atoms with E-state index in [-0.39, 0.29) is 157 Å². The predicted octanol–water partition coefficient (Wildman–Crippen LogP) is 7.05. The smallest absolute Gasteiger partial charge is 1.00 e. The topological polar surface area (TPSA) is 394 Å². The third-order valence-electron chi connectivity index (χ3n) is 19.3. The van der Waals surface area contributed by atoms with E-state index >= 15 is 0 Å². The molecule has 0 aliphatic carbocycles. The Balaban J connectivity index is 0.00000136. The van der Waals surface area contributed by atoms with Gasteiger partial charge in [0.25, 0.3) is 41.4 Å². The minimum atomic E-state index is -1.16. The number of nitrogens with zero attached hydrogens (tertiary/aromatic N) is 3. The predicted molar refractivity (Wildman–Crippen MR) is 435 cm³/mol. The van der Waals surface area contributed by atoms with Gasteiger partial charge in [0.1, 0.15) is 28.9 Å². The van der Waals surface area contributed by atoms with E-state index in [9.17, 15) is 81.8 Å². The number of hydrogen-bond donors (Lipinski definition) is 4. The van der Waals surface area contributed by atoms with E-state index in [4.69, 9.17) is 20.7 Å². The first-order valence-electron chi connectivity index (χ1n) is 38.1. The molecule has 5 atom stereocenters. The molecule has 0 radical (unpaired) electrons. The quantitative estimate of drug-likeness (QED) is 0.00659. The molecule has 624 valence electrons. The van der Waals surface area contributed by atoms with Crippen LogP contribution in [0.1, 0.15) is 247 Å². The number of aliphatic carboxylic acids is 2. The van der Waals surface area contributed by atoms with E-state index in [2.05, 4.69) is 61.1 Å². The Kier molecular flexibility index (Phi) is 51.5. The number of hydrogen-bond acceptors (Lipinski definition) is 19. The van der Waals surface area contributed by atoms with E-state index in [1.54, 1.807) is 122 Å². The van der Waals surface area contributed by atoms with Crippen LogP contribution in [0.25, 0.3) is 0 Å². The molecule has 4 aliphatic heterocycles. The van der Waals surface area contributed by atoms with Gasteiger partial charge in [-0.15, -0.1) is 32.9 Å². The van der Waals surface area contributed by atoms with E-state index in [1.165, 1.54) is 54.5 Å². The van der Waals surface area contributed by atoms with Gasteiger partial charge in [0.2, 0.25) is 0 Å². The van der Waals surface area contributed by atoms with Gasteiger partial charge in [-0.2, -0.15) is 0 Å². The summed E-state index contributed by atoms with van der Waals surface area (Å²) >= 11 is 3.28. The minimum absolute atomic E-state index is 0. The molecule has 1 saturated heterocycles. The molecular weight excluding hydrogens is 1570 g/mol. The van der Waals surface area contributed by atoms with Crippen LogP contribution in [-0.4, -0.2) is 163 Å². The first kappa shape index (κ1) is 106. The maximum absolute atomic E-state index is 12.3. The number of halogens is 2. The number of unbranched alkanes of at least 4 members (excludes halogenated alkanes) is 1. The number of esters is 1. The summed E-state index contributed by atoms with van der Waals surface area (Å²) in [5, 5.41) is 31.8. The van der Waals surface area contributed by atoms with Crippen LogP contribution in [-0.2, 0) is 43.1 Å². The molecule has 28 heteroatoms. The molecule has 4 aliphatic rings. The number of aromatic carboxylic acids is 1. The van der Waals surface area contributed by atoms with Crippen molar-refractivity contribution in [2.75, 3.05) is 38.1 Å². The minimum Gasteiger partial charge on any atom is -1.00 e. The molecule has 25 nitrogen and oxygen atoms in total. The number of alkyl halides is 1. The van der Waals surface area contributed by atoms with Crippen molar-refractivity contribution >= 4 is 110 Å². The largest absolute Gasteiger partial charge is 1.00 e. The van der Waals surface area contributed by atoms with Gasteiger partial charge in [-0.1, -0.05) is 115 Å². The van der Waals surface area contributed by atoms with Crippen molar-refractivity contribution in [3.8, 4) is 0 Å². The molecule has 1 fully saturated rings. The number of amides is 7. The average Bonchev–Trinajstić information content (AvgIpc) is 1.65. The van der Waals surface area contributed by atoms with Gasteiger partial charge in [-0.05, 0) is 199 Å². The van der Waals surface area contributed by atoms with Gasteiger partial charge < -0.3 is 48.3 Å². The summed E-state index contributed by atoms with van der Waals surface area (Å²) in [4.78, 5) is 189. The summed E-state index contributed by atoms with van der Waals surface area (Å²) in [6.45, 7) is 30.9. The molecule has 7 amide bonds. The van der Waals surface area contributed by atoms with Crippen LogP contribution in [0, 0.1) is 35.0 Å². The molecule has 5 N–H and O–H groups in total. The standard InChI is InChI=1S/C19H21NO4.C17H19NO3.C16H19NO5.C11H10BrNO2.C9H16O2.C8H15NO2.C8H12O2.ClH.Li/c1-4-10-19(13(2)21,14(3)22)11-7-12-20-17(23)15-8-5-6-9-16(15)18(20)24;1-3-7-13(12(2)19)8-6-11-18-16(20)14-9-4-5-10-15(14)17(18)21;1-2-6-11(15(19)20)7-5-10-17-14(18)12-8-3-4-9-13(12)16(21)22;12-6-3-7-13-10(14)8-4-1-2-5-9(8)11(13)15;1-3-4-5-8-6-7(2)11-9(8)10;1-2-4-7(8(10)11)5-3-6-9;1-4-5-8(6(2)9)7(3)10;;/h4-6,8-9H,1,7,10-12H2,2-3H3;3-5,9-10,13H,1,6-8,11H2,2H3;2-4,8-9,11H,1,5-7,10H2,(H,17,18)(H,19,20)(H,21,22);1-2,4-5H,3,6-7H2;7-8H,3-6H2,1-2H3;2,7H,1,3-6,9H2,(H,10,11);4,8H,1,5H2,2-3H3;1H;/q;;;;;;;;+1/p-2. The van der Waals surface area contributed by atoms with Crippen molar-refractivity contribution in [2.45, 2.75) is 170 Å². The summed E-state index contributed by atoms with van der Waals surface area (Å²) in [6.07, 6.45) is 19.6. The number of cyclic esters (lactones) is 1. The molecule has 116 heavy (non-hydrogen) atoms.